The summed E-state index contributed by atoms with van der Waals surface area (Å²) in [6.07, 6.45) is 0. The molecule has 0 amide bonds. The van der Waals surface area contributed by atoms with E-state index in [2.05, 4.69) is 34.2 Å². The summed E-state index contributed by atoms with van der Waals surface area (Å²) in [5, 5.41) is 7.03. The van der Waals surface area contributed by atoms with Crippen LogP contribution in [0.25, 0.3) is 0 Å². The predicted molar refractivity (Wildman–Crippen MR) is 64.7 cm³/mol. The van der Waals surface area contributed by atoms with E-state index in [1.54, 1.807) is 0 Å². The first-order chi connectivity index (χ1) is 7.67. The molecule has 1 aromatic heterocycles. The minimum absolute atomic E-state index is 0.307. The number of anilines is 1. The molecule has 1 rings (SSSR count). The lowest BCUT2D eigenvalue weighted by Gasteiger charge is -2.17. The fourth-order valence-electron chi connectivity index (χ4n) is 1.40. The van der Waals surface area contributed by atoms with Crippen LogP contribution in [0, 0.1) is 0 Å². The highest BCUT2D eigenvalue weighted by Gasteiger charge is 2.08. The van der Waals surface area contributed by atoms with E-state index in [0.29, 0.717) is 11.9 Å². The number of nitrogens with one attached hydrogen (secondary N) is 1. The summed E-state index contributed by atoms with van der Waals surface area (Å²) < 4.78 is 5.08. The summed E-state index contributed by atoms with van der Waals surface area (Å²) in [7, 11) is 0. The second-order valence-electron chi connectivity index (χ2n) is 4.07. The Morgan fingerprint density at radius 2 is 2.00 bits per heavy atom. The second-order valence-corrected chi connectivity index (χ2v) is 4.07. The number of hydrogen-bond acceptors (Lipinski definition) is 5. The van der Waals surface area contributed by atoms with E-state index in [1.807, 2.05) is 13.8 Å². The van der Waals surface area contributed by atoms with E-state index in [-0.39, 0.29) is 0 Å². The number of rotatable bonds is 7. The quantitative estimate of drug-likeness (QED) is 0.770. The molecule has 0 spiro atoms. The van der Waals surface area contributed by atoms with E-state index in [0.717, 1.165) is 32.0 Å². The molecule has 5 heteroatoms. The SMILES string of the molecule is CCN(CC)CCNc1nc(C(C)C)no1. The van der Waals surface area contributed by atoms with Crippen LogP contribution in [0.3, 0.4) is 0 Å². The molecule has 0 aliphatic carbocycles. The van der Waals surface area contributed by atoms with Gasteiger partial charge in [0.2, 0.25) is 0 Å². The summed E-state index contributed by atoms with van der Waals surface area (Å²) >= 11 is 0. The van der Waals surface area contributed by atoms with E-state index < -0.39 is 0 Å². The van der Waals surface area contributed by atoms with Gasteiger partial charge in [0.05, 0.1) is 0 Å². The second kappa shape index (κ2) is 6.48. The smallest absolute Gasteiger partial charge is 0.321 e. The zero-order valence-electron chi connectivity index (χ0n) is 10.7. The molecule has 92 valence electrons. The predicted octanol–water partition coefficient (Wildman–Crippen LogP) is 1.95. The Hall–Kier alpha value is -1.10. The van der Waals surface area contributed by atoms with Crippen LogP contribution < -0.4 is 5.32 Å². The van der Waals surface area contributed by atoms with Crippen LogP contribution >= 0.6 is 0 Å². The van der Waals surface area contributed by atoms with Crippen LogP contribution in [0.5, 0.6) is 0 Å². The Labute approximate surface area is 97.2 Å². The molecule has 0 bridgehead atoms. The number of aromatic nitrogens is 2. The van der Waals surface area contributed by atoms with E-state index in [9.17, 15) is 0 Å². The molecule has 16 heavy (non-hydrogen) atoms. The number of hydrogen-bond donors (Lipinski definition) is 1. The third-order valence-corrected chi connectivity index (χ3v) is 2.56. The van der Waals surface area contributed by atoms with Gasteiger partial charge in [-0.3, -0.25) is 0 Å². The molecular weight excluding hydrogens is 204 g/mol. The minimum Gasteiger partial charge on any atom is -0.336 e. The Bertz CT molecular complexity index is 294. The molecule has 0 aliphatic rings. The third kappa shape index (κ3) is 3.81. The van der Waals surface area contributed by atoms with Crippen molar-refractivity contribution in [3.63, 3.8) is 0 Å². The highest BCUT2D eigenvalue weighted by Crippen LogP contribution is 2.11. The van der Waals surface area contributed by atoms with Crippen molar-refractivity contribution in [1.29, 1.82) is 0 Å². The standard InChI is InChI=1S/C11H22N4O/c1-5-15(6-2)8-7-12-11-13-10(9(3)4)14-16-11/h9H,5-8H2,1-4H3,(H,12,13,14). The van der Waals surface area contributed by atoms with Gasteiger partial charge in [-0.2, -0.15) is 4.98 Å². The Morgan fingerprint density at radius 1 is 1.31 bits per heavy atom. The van der Waals surface area contributed by atoms with Crippen molar-refractivity contribution < 1.29 is 4.52 Å². The van der Waals surface area contributed by atoms with Crippen molar-refractivity contribution in [1.82, 2.24) is 15.0 Å². The van der Waals surface area contributed by atoms with E-state index >= 15 is 0 Å². The molecule has 0 aliphatic heterocycles. The highest BCUT2D eigenvalue weighted by atomic mass is 16.5. The summed E-state index contributed by atoms with van der Waals surface area (Å²) in [5.74, 6) is 1.06. The van der Waals surface area contributed by atoms with Gasteiger partial charge in [-0.05, 0) is 13.1 Å². The lowest BCUT2D eigenvalue weighted by atomic mass is 10.2. The van der Waals surface area contributed by atoms with Gasteiger partial charge in [-0.25, -0.2) is 0 Å². The zero-order valence-corrected chi connectivity index (χ0v) is 10.7. The lowest BCUT2D eigenvalue weighted by molar-refractivity contribution is 0.314. The Morgan fingerprint density at radius 3 is 2.50 bits per heavy atom. The van der Waals surface area contributed by atoms with E-state index in [1.165, 1.54) is 0 Å². The zero-order chi connectivity index (χ0) is 12.0. The Kier molecular flexibility index (Phi) is 5.25. The van der Waals surface area contributed by atoms with Gasteiger partial charge in [-0.15, -0.1) is 0 Å². The molecule has 0 saturated heterocycles. The number of likely N-dealkylation sites (N-methyl/N-ethyl adjacent to an activating group) is 1. The third-order valence-electron chi connectivity index (χ3n) is 2.56. The average molecular weight is 226 g/mol. The maximum Gasteiger partial charge on any atom is 0.321 e. The van der Waals surface area contributed by atoms with Crippen LogP contribution in [0.1, 0.15) is 39.4 Å². The summed E-state index contributed by atoms with van der Waals surface area (Å²) in [6.45, 7) is 12.4. The molecule has 1 N–H and O–H groups in total. The van der Waals surface area contributed by atoms with Crippen molar-refractivity contribution in [2.24, 2.45) is 0 Å². The van der Waals surface area contributed by atoms with Crippen molar-refractivity contribution >= 4 is 6.01 Å². The molecule has 0 atom stereocenters. The van der Waals surface area contributed by atoms with Gasteiger partial charge in [0, 0.05) is 19.0 Å². The molecule has 0 aromatic carbocycles. The van der Waals surface area contributed by atoms with Crippen LogP contribution in [0.15, 0.2) is 4.52 Å². The van der Waals surface area contributed by atoms with Crippen LogP contribution in [-0.4, -0.2) is 41.2 Å². The molecule has 0 saturated carbocycles. The summed E-state index contributed by atoms with van der Waals surface area (Å²) in [5.41, 5.74) is 0. The van der Waals surface area contributed by atoms with Crippen LogP contribution in [-0.2, 0) is 0 Å². The maximum absolute atomic E-state index is 5.08. The number of nitrogens with zero attached hydrogens (tertiary/aromatic N) is 3. The normalized spacial score (nSPS) is 11.4. The fourth-order valence-corrected chi connectivity index (χ4v) is 1.40. The molecule has 0 fully saturated rings. The molecule has 1 heterocycles. The molecule has 5 nitrogen and oxygen atoms in total. The largest absolute Gasteiger partial charge is 0.336 e. The van der Waals surface area contributed by atoms with Gasteiger partial charge < -0.3 is 14.7 Å². The van der Waals surface area contributed by atoms with Crippen molar-refractivity contribution in [3.05, 3.63) is 5.82 Å². The maximum atomic E-state index is 5.08. The molecule has 0 radical (unpaired) electrons. The van der Waals surface area contributed by atoms with Gasteiger partial charge >= 0.3 is 6.01 Å². The molecular formula is C11H22N4O. The first-order valence-corrected chi connectivity index (χ1v) is 5.97. The van der Waals surface area contributed by atoms with Crippen molar-refractivity contribution in [2.45, 2.75) is 33.6 Å². The summed E-state index contributed by atoms with van der Waals surface area (Å²) in [6, 6.07) is 0.524. The van der Waals surface area contributed by atoms with Gasteiger partial charge in [0.15, 0.2) is 5.82 Å². The topological polar surface area (TPSA) is 54.2 Å². The van der Waals surface area contributed by atoms with Gasteiger partial charge in [-0.1, -0.05) is 32.9 Å². The first-order valence-electron chi connectivity index (χ1n) is 5.97. The van der Waals surface area contributed by atoms with Crippen molar-refractivity contribution in [3.8, 4) is 0 Å². The van der Waals surface area contributed by atoms with Crippen LogP contribution in [0.2, 0.25) is 0 Å². The van der Waals surface area contributed by atoms with Gasteiger partial charge in [0.1, 0.15) is 0 Å². The average Bonchev–Trinajstić information content (AvgIpc) is 2.73. The first kappa shape index (κ1) is 13.0. The lowest BCUT2D eigenvalue weighted by Crippen LogP contribution is -2.28. The van der Waals surface area contributed by atoms with Gasteiger partial charge in [0.25, 0.3) is 0 Å². The van der Waals surface area contributed by atoms with Crippen LogP contribution in [0.4, 0.5) is 6.01 Å². The molecule has 0 unspecified atom stereocenters. The fraction of sp³-hybridized carbons (Fsp3) is 0.818. The minimum atomic E-state index is 0.307. The summed E-state index contributed by atoms with van der Waals surface area (Å²) in [4.78, 5) is 6.59. The molecule has 1 aromatic rings. The van der Waals surface area contributed by atoms with E-state index in [4.69, 9.17) is 4.52 Å². The monoisotopic (exact) mass is 226 g/mol. The van der Waals surface area contributed by atoms with Crippen molar-refractivity contribution in [2.75, 3.05) is 31.5 Å². The highest BCUT2D eigenvalue weighted by molar-refractivity contribution is 5.18. The Balaban J connectivity index is 2.31.